The van der Waals surface area contributed by atoms with Crippen molar-refractivity contribution >= 4 is 11.6 Å². The first-order valence-corrected chi connectivity index (χ1v) is 11.9. The van der Waals surface area contributed by atoms with Crippen molar-refractivity contribution in [2.45, 2.75) is 58.9 Å². The average Bonchev–Trinajstić information content (AvgIpc) is 3.15. The molecule has 0 spiro atoms. The van der Waals surface area contributed by atoms with E-state index in [1.54, 1.807) is 0 Å². The van der Waals surface area contributed by atoms with Gasteiger partial charge in [-0.25, -0.2) is 0 Å². The average molecular weight is 449 g/mol. The fourth-order valence-electron chi connectivity index (χ4n) is 4.75. The number of aryl methyl sites for hydroxylation is 2. The molecular weight excluding hydrogens is 416 g/mol. The SMILES string of the molecule is Cc1ccc(NC(=O)[C@H]2CNC[C@@H]2c2nnc(-c3cc(CC(C)C)on3)n2C2CC2)c(C)c1. The number of hydrogen-bond donors (Lipinski definition) is 2. The van der Waals surface area contributed by atoms with Crippen LogP contribution in [0.3, 0.4) is 0 Å². The van der Waals surface area contributed by atoms with Crippen LogP contribution in [0.4, 0.5) is 5.69 Å². The van der Waals surface area contributed by atoms with Crippen LogP contribution >= 0.6 is 0 Å². The summed E-state index contributed by atoms with van der Waals surface area (Å²) in [5, 5.41) is 19.9. The van der Waals surface area contributed by atoms with Gasteiger partial charge in [-0.05, 0) is 44.2 Å². The number of rotatable bonds is 7. The summed E-state index contributed by atoms with van der Waals surface area (Å²) in [5.41, 5.74) is 3.83. The van der Waals surface area contributed by atoms with Crippen molar-refractivity contribution < 1.29 is 9.32 Å². The van der Waals surface area contributed by atoms with Gasteiger partial charge in [-0.15, -0.1) is 10.2 Å². The monoisotopic (exact) mass is 448 g/mol. The molecule has 0 unspecified atom stereocenters. The Morgan fingerprint density at radius 2 is 2.03 bits per heavy atom. The number of anilines is 1. The maximum Gasteiger partial charge on any atom is 0.229 e. The second-order valence-corrected chi connectivity index (χ2v) is 9.94. The molecule has 2 fully saturated rings. The molecular formula is C25H32N6O2. The highest BCUT2D eigenvalue weighted by Gasteiger charge is 2.41. The Bertz CT molecular complexity index is 1160. The second-order valence-electron chi connectivity index (χ2n) is 9.94. The van der Waals surface area contributed by atoms with Gasteiger partial charge in [0.15, 0.2) is 11.5 Å². The lowest BCUT2D eigenvalue weighted by Gasteiger charge is -2.19. The maximum atomic E-state index is 13.3. The molecule has 5 rings (SSSR count). The number of carbonyl (C=O) groups excluding carboxylic acids is 1. The van der Waals surface area contributed by atoms with Crippen LogP contribution in [0.5, 0.6) is 0 Å². The second kappa shape index (κ2) is 8.74. The van der Waals surface area contributed by atoms with E-state index in [0.29, 0.717) is 25.0 Å². The normalized spacial score (nSPS) is 20.5. The predicted octanol–water partition coefficient (Wildman–Crippen LogP) is 4.03. The number of aromatic nitrogens is 4. The van der Waals surface area contributed by atoms with E-state index in [1.807, 2.05) is 25.1 Å². The Morgan fingerprint density at radius 1 is 1.21 bits per heavy atom. The zero-order valence-corrected chi connectivity index (χ0v) is 19.8. The molecule has 2 N–H and O–H groups in total. The molecule has 2 aliphatic rings. The molecule has 2 atom stereocenters. The van der Waals surface area contributed by atoms with Gasteiger partial charge in [0.25, 0.3) is 0 Å². The number of nitrogens with zero attached hydrogens (tertiary/aromatic N) is 4. The molecule has 8 heteroatoms. The molecule has 1 saturated carbocycles. The lowest BCUT2D eigenvalue weighted by Crippen LogP contribution is -2.29. The maximum absolute atomic E-state index is 13.3. The van der Waals surface area contributed by atoms with Crippen molar-refractivity contribution in [3.8, 4) is 11.5 Å². The summed E-state index contributed by atoms with van der Waals surface area (Å²) in [7, 11) is 0. The highest BCUT2D eigenvalue weighted by atomic mass is 16.5. The van der Waals surface area contributed by atoms with Crippen LogP contribution in [-0.2, 0) is 11.2 Å². The van der Waals surface area contributed by atoms with E-state index in [2.05, 4.69) is 57.4 Å². The van der Waals surface area contributed by atoms with Gasteiger partial charge in [-0.2, -0.15) is 0 Å². The van der Waals surface area contributed by atoms with Crippen molar-refractivity contribution in [2.75, 3.05) is 18.4 Å². The van der Waals surface area contributed by atoms with Gasteiger partial charge in [-0.1, -0.05) is 36.7 Å². The van der Waals surface area contributed by atoms with E-state index < -0.39 is 0 Å². The summed E-state index contributed by atoms with van der Waals surface area (Å²) in [6.07, 6.45) is 3.02. The lowest BCUT2D eigenvalue weighted by molar-refractivity contribution is -0.119. The molecule has 1 aliphatic heterocycles. The molecule has 0 bridgehead atoms. The Kier molecular flexibility index (Phi) is 5.78. The smallest absolute Gasteiger partial charge is 0.229 e. The van der Waals surface area contributed by atoms with E-state index in [9.17, 15) is 4.79 Å². The largest absolute Gasteiger partial charge is 0.361 e. The lowest BCUT2D eigenvalue weighted by atomic mass is 9.93. The first kappa shape index (κ1) is 21.8. The highest BCUT2D eigenvalue weighted by Crippen LogP contribution is 2.42. The Balaban J connectivity index is 1.41. The topological polar surface area (TPSA) is 97.9 Å². The van der Waals surface area contributed by atoms with Crippen molar-refractivity contribution in [1.29, 1.82) is 0 Å². The summed E-state index contributed by atoms with van der Waals surface area (Å²) in [5.74, 6) is 2.72. The van der Waals surface area contributed by atoms with Crippen molar-refractivity contribution in [3.05, 3.63) is 47.0 Å². The molecule has 1 saturated heterocycles. The highest BCUT2D eigenvalue weighted by molar-refractivity contribution is 5.94. The fourth-order valence-corrected chi connectivity index (χ4v) is 4.75. The third kappa shape index (κ3) is 4.44. The van der Waals surface area contributed by atoms with Crippen molar-refractivity contribution in [1.82, 2.24) is 25.2 Å². The zero-order chi connectivity index (χ0) is 23.1. The number of benzene rings is 1. The van der Waals surface area contributed by atoms with Crippen LogP contribution in [0.1, 0.15) is 61.4 Å². The molecule has 1 aliphatic carbocycles. The minimum absolute atomic E-state index is 0.0181. The van der Waals surface area contributed by atoms with Gasteiger partial charge in [0.05, 0.1) is 5.92 Å². The summed E-state index contributed by atoms with van der Waals surface area (Å²) >= 11 is 0. The number of carbonyl (C=O) groups is 1. The summed E-state index contributed by atoms with van der Waals surface area (Å²) in [4.78, 5) is 13.3. The Labute approximate surface area is 194 Å². The van der Waals surface area contributed by atoms with Gasteiger partial charge in [0.2, 0.25) is 5.91 Å². The van der Waals surface area contributed by atoms with Gasteiger partial charge in [0.1, 0.15) is 11.6 Å². The van der Waals surface area contributed by atoms with Crippen LogP contribution in [0.25, 0.3) is 11.5 Å². The van der Waals surface area contributed by atoms with Crippen LogP contribution in [-0.4, -0.2) is 38.9 Å². The molecule has 174 valence electrons. The van der Waals surface area contributed by atoms with E-state index in [4.69, 9.17) is 4.52 Å². The summed E-state index contributed by atoms with van der Waals surface area (Å²) in [6.45, 7) is 9.71. The zero-order valence-electron chi connectivity index (χ0n) is 19.8. The van der Waals surface area contributed by atoms with Gasteiger partial charge in [-0.3, -0.25) is 4.79 Å². The minimum Gasteiger partial charge on any atom is -0.361 e. The molecule has 0 radical (unpaired) electrons. The third-order valence-corrected chi connectivity index (χ3v) is 6.55. The van der Waals surface area contributed by atoms with Crippen LogP contribution in [0, 0.1) is 25.7 Å². The van der Waals surface area contributed by atoms with E-state index in [-0.39, 0.29) is 17.7 Å². The standard InChI is InChI=1S/C25H32N6O2/c1-14(2)9-18-11-22(30-33-18)24-29-28-23(31(24)17-6-7-17)19-12-26-13-20(19)25(32)27-21-8-5-15(3)10-16(21)4/h5,8,10-11,14,17,19-20,26H,6-7,9,12-13H2,1-4H3,(H,27,32)/t19-,20-/m0/s1. The molecule has 1 amide bonds. The van der Waals surface area contributed by atoms with Gasteiger partial charge >= 0.3 is 0 Å². The third-order valence-electron chi connectivity index (χ3n) is 6.55. The number of nitrogens with one attached hydrogen (secondary N) is 2. The molecule has 1 aromatic carbocycles. The van der Waals surface area contributed by atoms with E-state index in [0.717, 1.165) is 53.6 Å². The predicted molar refractivity (Wildman–Crippen MR) is 126 cm³/mol. The molecule has 33 heavy (non-hydrogen) atoms. The van der Waals surface area contributed by atoms with Gasteiger partial charge in [0, 0.05) is 43.2 Å². The Hall–Kier alpha value is -3.00. The van der Waals surface area contributed by atoms with Gasteiger partial charge < -0.3 is 19.7 Å². The Morgan fingerprint density at radius 3 is 2.76 bits per heavy atom. The summed E-state index contributed by atoms with van der Waals surface area (Å²) < 4.78 is 7.76. The van der Waals surface area contributed by atoms with Crippen LogP contribution < -0.4 is 10.6 Å². The molecule has 3 aromatic rings. The first-order valence-electron chi connectivity index (χ1n) is 11.9. The van der Waals surface area contributed by atoms with Crippen molar-refractivity contribution in [2.24, 2.45) is 11.8 Å². The molecule has 8 nitrogen and oxygen atoms in total. The molecule has 3 heterocycles. The van der Waals surface area contributed by atoms with Crippen LogP contribution in [0.2, 0.25) is 0 Å². The minimum atomic E-state index is -0.214. The van der Waals surface area contributed by atoms with E-state index in [1.165, 1.54) is 5.56 Å². The van der Waals surface area contributed by atoms with E-state index >= 15 is 0 Å². The fraction of sp³-hybridized carbons (Fsp3) is 0.520. The molecule has 2 aromatic heterocycles. The first-order chi connectivity index (χ1) is 15.9. The van der Waals surface area contributed by atoms with Crippen molar-refractivity contribution in [3.63, 3.8) is 0 Å². The van der Waals surface area contributed by atoms with Crippen LogP contribution in [0.15, 0.2) is 28.8 Å². The summed E-state index contributed by atoms with van der Waals surface area (Å²) in [6, 6.07) is 8.42. The quantitative estimate of drug-likeness (QED) is 0.566. The number of amides is 1. The number of hydrogen-bond acceptors (Lipinski definition) is 6.